The number of methoxy groups -OCH3 is 1. The molecule has 0 fully saturated rings. The van der Waals surface area contributed by atoms with Crippen LogP contribution in [-0.4, -0.2) is 16.8 Å². The van der Waals surface area contributed by atoms with Crippen molar-refractivity contribution in [1.29, 1.82) is 0 Å². The van der Waals surface area contributed by atoms with Gasteiger partial charge in [0.05, 0.1) is 19.2 Å². The smallest absolute Gasteiger partial charge is 0.129 e. The highest BCUT2D eigenvalue weighted by atomic mass is 16.5. The minimum atomic E-state index is 0. The van der Waals surface area contributed by atoms with Gasteiger partial charge in [-0.3, -0.25) is 0 Å². The Bertz CT molecular complexity index is 597. The van der Waals surface area contributed by atoms with Gasteiger partial charge in [0.15, 0.2) is 0 Å². The number of aliphatic hydroxyl groups is 1. The summed E-state index contributed by atoms with van der Waals surface area (Å²) in [6, 6.07) is 2.18. The van der Waals surface area contributed by atoms with E-state index in [1.54, 1.807) is 7.11 Å². The van der Waals surface area contributed by atoms with E-state index in [0.29, 0.717) is 0 Å². The molecule has 21 heavy (non-hydrogen) atoms. The van der Waals surface area contributed by atoms with Crippen LogP contribution in [0.2, 0.25) is 0 Å². The predicted octanol–water partition coefficient (Wildman–Crippen LogP) is 4.77. The molecular formula is C18H33NO2. The van der Waals surface area contributed by atoms with Gasteiger partial charge in [-0.25, -0.2) is 0 Å². The summed E-state index contributed by atoms with van der Waals surface area (Å²) in [7, 11) is 3.75. The van der Waals surface area contributed by atoms with Crippen molar-refractivity contribution in [1.82, 2.24) is 4.57 Å². The summed E-state index contributed by atoms with van der Waals surface area (Å²) in [5.74, 6) is 0.839. The number of hydrogen-bond donors (Lipinski definition) is 1. The fourth-order valence-corrected chi connectivity index (χ4v) is 2.77. The number of ether oxygens (including phenoxy) is 1. The van der Waals surface area contributed by atoms with Gasteiger partial charge in [0.1, 0.15) is 5.75 Å². The highest BCUT2D eigenvalue weighted by molar-refractivity contribution is 5.91. The highest BCUT2D eigenvalue weighted by Gasteiger charge is 2.19. The Balaban J connectivity index is 0. The number of nitrogens with zero attached hydrogens (tertiary/aromatic N) is 1. The van der Waals surface area contributed by atoms with Crippen molar-refractivity contribution >= 4 is 10.9 Å². The molecule has 1 aromatic carbocycles. The second-order valence-electron chi connectivity index (χ2n) is 4.73. The van der Waals surface area contributed by atoms with Crippen molar-refractivity contribution in [2.45, 2.75) is 56.1 Å². The van der Waals surface area contributed by atoms with Gasteiger partial charge in [-0.2, -0.15) is 0 Å². The molecule has 0 atom stereocenters. The molecule has 0 aliphatic carbocycles. The summed E-state index contributed by atoms with van der Waals surface area (Å²) in [6.45, 7) is 6.29. The Morgan fingerprint density at radius 3 is 2.14 bits per heavy atom. The molecule has 0 radical (unpaired) electrons. The summed E-state index contributed by atoms with van der Waals surface area (Å²) in [5.41, 5.74) is 5.65. The van der Waals surface area contributed by atoms with E-state index in [-0.39, 0.29) is 28.9 Å². The number of aliphatic hydroxyl groups excluding tert-OH is 1. The minimum Gasteiger partial charge on any atom is -0.496 e. The molecule has 1 aromatic heterocycles. The second-order valence-corrected chi connectivity index (χ2v) is 4.73. The molecule has 3 nitrogen and oxygen atoms in total. The highest BCUT2D eigenvalue weighted by Crippen LogP contribution is 2.37. The van der Waals surface area contributed by atoms with Crippen LogP contribution in [0.4, 0.5) is 0 Å². The molecule has 0 unspecified atom stereocenters. The molecule has 0 aliphatic heterocycles. The van der Waals surface area contributed by atoms with Crippen molar-refractivity contribution in [2.75, 3.05) is 7.11 Å². The number of benzene rings is 1. The third-order valence-electron chi connectivity index (χ3n) is 3.88. The molecule has 0 saturated carbocycles. The van der Waals surface area contributed by atoms with Crippen molar-refractivity contribution in [3.05, 3.63) is 28.5 Å². The lowest BCUT2D eigenvalue weighted by atomic mass is 9.97. The van der Waals surface area contributed by atoms with E-state index in [1.807, 2.05) is 0 Å². The Hall–Kier alpha value is -1.48. The molecular weight excluding hydrogens is 262 g/mol. The number of rotatable bonds is 3. The number of aryl methyl sites for hydroxylation is 4. The first-order valence-electron chi connectivity index (χ1n) is 6.31. The van der Waals surface area contributed by atoms with Crippen LogP contribution in [0.15, 0.2) is 6.07 Å². The molecule has 0 aliphatic rings. The van der Waals surface area contributed by atoms with Gasteiger partial charge >= 0.3 is 0 Å². The summed E-state index contributed by atoms with van der Waals surface area (Å²) < 4.78 is 7.74. The minimum absolute atomic E-state index is 0. The zero-order valence-electron chi connectivity index (χ0n) is 11.8. The maximum absolute atomic E-state index is 9.60. The molecule has 0 spiro atoms. The van der Waals surface area contributed by atoms with Crippen LogP contribution in [0.3, 0.4) is 0 Å². The number of aromatic nitrogens is 1. The first kappa shape index (κ1) is 21.8. The topological polar surface area (TPSA) is 34.4 Å². The quantitative estimate of drug-likeness (QED) is 0.885. The van der Waals surface area contributed by atoms with Gasteiger partial charge in [0, 0.05) is 29.3 Å². The van der Waals surface area contributed by atoms with Crippen LogP contribution >= 0.6 is 0 Å². The van der Waals surface area contributed by atoms with Crippen LogP contribution in [0, 0.1) is 13.8 Å². The lowest BCUT2D eigenvalue weighted by Crippen LogP contribution is -2.03. The SMILES string of the molecule is C.C.C.CCc1c(OC)c(CO)c(C)c2cc(C)n(C)c12. The van der Waals surface area contributed by atoms with Crippen LogP contribution in [0.5, 0.6) is 5.75 Å². The van der Waals surface area contributed by atoms with Gasteiger partial charge in [0.2, 0.25) is 0 Å². The van der Waals surface area contributed by atoms with Gasteiger partial charge in [-0.1, -0.05) is 29.2 Å². The lowest BCUT2D eigenvalue weighted by Gasteiger charge is -2.17. The molecule has 0 amide bonds. The van der Waals surface area contributed by atoms with E-state index < -0.39 is 0 Å². The monoisotopic (exact) mass is 295 g/mol. The standard InChI is InChI=1S/C15H21NO2.3CH4/c1-6-11-14-12(7-9(2)16(14)4)10(3)13(8-17)15(11)18-5;;;/h7,17H,6,8H2,1-5H3;3*1H4. The van der Waals surface area contributed by atoms with Crippen LogP contribution in [-0.2, 0) is 20.1 Å². The summed E-state index contributed by atoms with van der Waals surface area (Å²) >= 11 is 0. The van der Waals surface area contributed by atoms with Gasteiger partial charge < -0.3 is 14.4 Å². The Morgan fingerprint density at radius 1 is 1.14 bits per heavy atom. The zero-order valence-corrected chi connectivity index (χ0v) is 11.8. The molecule has 122 valence electrons. The van der Waals surface area contributed by atoms with E-state index in [1.165, 1.54) is 22.2 Å². The van der Waals surface area contributed by atoms with Crippen molar-refractivity contribution in [3.8, 4) is 5.75 Å². The molecule has 0 bridgehead atoms. The zero-order chi connectivity index (χ0) is 13.4. The third kappa shape index (κ3) is 3.08. The number of hydrogen-bond acceptors (Lipinski definition) is 2. The largest absolute Gasteiger partial charge is 0.496 e. The van der Waals surface area contributed by atoms with E-state index >= 15 is 0 Å². The Kier molecular flexibility index (Phi) is 8.40. The van der Waals surface area contributed by atoms with E-state index in [4.69, 9.17) is 4.74 Å². The molecule has 1 heterocycles. The summed E-state index contributed by atoms with van der Waals surface area (Å²) in [6.07, 6.45) is 0.893. The Labute approximate surface area is 130 Å². The van der Waals surface area contributed by atoms with Gasteiger partial charge in [0.25, 0.3) is 0 Å². The maximum Gasteiger partial charge on any atom is 0.129 e. The van der Waals surface area contributed by atoms with Crippen molar-refractivity contribution in [3.63, 3.8) is 0 Å². The lowest BCUT2D eigenvalue weighted by molar-refractivity contribution is 0.272. The summed E-state index contributed by atoms with van der Waals surface area (Å²) in [4.78, 5) is 0. The van der Waals surface area contributed by atoms with E-state index in [9.17, 15) is 5.11 Å². The van der Waals surface area contributed by atoms with E-state index in [2.05, 4.69) is 38.5 Å². The normalized spacial score (nSPS) is 9.62. The van der Waals surface area contributed by atoms with Crippen LogP contribution in [0.25, 0.3) is 10.9 Å². The predicted molar refractivity (Wildman–Crippen MR) is 94.4 cm³/mol. The first-order valence-corrected chi connectivity index (χ1v) is 6.31. The second kappa shape index (κ2) is 8.08. The molecule has 0 saturated heterocycles. The fraction of sp³-hybridized carbons (Fsp3) is 0.556. The third-order valence-corrected chi connectivity index (χ3v) is 3.88. The van der Waals surface area contributed by atoms with E-state index in [0.717, 1.165) is 23.3 Å². The molecule has 2 rings (SSSR count). The van der Waals surface area contributed by atoms with Crippen molar-refractivity contribution < 1.29 is 9.84 Å². The Morgan fingerprint density at radius 2 is 1.71 bits per heavy atom. The fourth-order valence-electron chi connectivity index (χ4n) is 2.77. The average molecular weight is 295 g/mol. The molecule has 3 heteroatoms. The number of fused-ring (bicyclic) bond motifs is 1. The van der Waals surface area contributed by atoms with Crippen LogP contribution in [0.1, 0.15) is 51.6 Å². The average Bonchev–Trinajstić information content (AvgIpc) is 2.66. The first-order chi connectivity index (χ1) is 8.56. The van der Waals surface area contributed by atoms with Gasteiger partial charge in [-0.15, -0.1) is 0 Å². The maximum atomic E-state index is 9.60. The van der Waals surface area contributed by atoms with Crippen molar-refractivity contribution in [2.24, 2.45) is 7.05 Å². The molecule has 1 N–H and O–H groups in total. The van der Waals surface area contributed by atoms with Gasteiger partial charge in [-0.05, 0) is 31.9 Å². The van der Waals surface area contributed by atoms with Crippen LogP contribution < -0.4 is 4.74 Å². The summed E-state index contributed by atoms with van der Waals surface area (Å²) in [5, 5.41) is 10.8. The molecule has 2 aromatic rings.